The van der Waals surface area contributed by atoms with Gasteiger partial charge in [0, 0.05) is 24.1 Å². The van der Waals surface area contributed by atoms with Crippen LogP contribution in [-0.2, 0) is 14.3 Å². The van der Waals surface area contributed by atoms with Crippen molar-refractivity contribution in [2.75, 3.05) is 13.2 Å². The fourth-order valence-corrected chi connectivity index (χ4v) is 3.21. The van der Waals surface area contributed by atoms with E-state index in [1.165, 1.54) is 24.3 Å². The number of allylic oxidation sites excluding steroid dienone is 1. The molecule has 1 aromatic rings. The van der Waals surface area contributed by atoms with Crippen LogP contribution >= 0.6 is 0 Å². The molecule has 1 fully saturated rings. The van der Waals surface area contributed by atoms with Crippen molar-refractivity contribution >= 4 is 17.6 Å². The van der Waals surface area contributed by atoms with Crippen LogP contribution in [0.3, 0.4) is 0 Å². The molecule has 0 spiro atoms. The first-order valence-electron chi connectivity index (χ1n) is 9.80. The number of aliphatic hydroxyl groups is 1. The predicted molar refractivity (Wildman–Crippen MR) is 105 cm³/mol. The summed E-state index contributed by atoms with van der Waals surface area (Å²) in [4.78, 5) is 34.6. The molecule has 0 saturated carbocycles. The third kappa shape index (κ3) is 5.87. The van der Waals surface area contributed by atoms with Gasteiger partial charge in [0.05, 0.1) is 17.1 Å². The zero-order chi connectivity index (χ0) is 21.4. The first-order valence-corrected chi connectivity index (χ1v) is 9.80. The van der Waals surface area contributed by atoms with Crippen molar-refractivity contribution in [3.8, 4) is 0 Å². The van der Waals surface area contributed by atoms with Gasteiger partial charge in [0.25, 0.3) is 5.69 Å². The number of esters is 2. The summed E-state index contributed by atoms with van der Waals surface area (Å²) in [6, 6.07) is 4.99. The fourth-order valence-electron chi connectivity index (χ4n) is 3.21. The number of nitrogens with zero attached hydrogens (tertiary/aromatic N) is 1. The minimum absolute atomic E-state index is 0.134. The molecular formula is C21H27NO7. The normalized spacial score (nSPS) is 21.1. The quantitative estimate of drug-likeness (QED) is 0.274. The van der Waals surface area contributed by atoms with Gasteiger partial charge < -0.3 is 14.6 Å². The van der Waals surface area contributed by atoms with Gasteiger partial charge in [-0.15, -0.1) is 0 Å². The minimum Gasteiger partial charge on any atom is -0.458 e. The molecule has 1 saturated heterocycles. The smallest absolute Gasteiger partial charge is 0.338 e. The molecule has 1 aromatic carbocycles. The SMILES string of the molecule is CCCCC(/C=C1/CC(CO)(COC(=O)c2ccc([N+](=O)[O-])cc2)OC1=O)CC. The average Bonchev–Trinajstić information content (AvgIpc) is 3.05. The molecular weight excluding hydrogens is 378 g/mol. The number of benzene rings is 1. The highest BCUT2D eigenvalue weighted by atomic mass is 16.6. The van der Waals surface area contributed by atoms with Crippen molar-refractivity contribution in [1.82, 2.24) is 0 Å². The molecule has 0 aromatic heterocycles. The van der Waals surface area contributed by atoms with Gasteiger partial charge in [-0.2, -0.15) is 0 Å². The van der Waals surface area contributed by atoms with Crippen LogP contribution < -0.4 is 0 Å². The summed E-state index contributed by atoms with van der Waals surface area (Å²) >= 11 is 0. The summed E-state index contributed by atoms with van der Waals surface area (Å²) in [7, 11) is 0. The Morgan fingerprint density at radius 2 is 2.07 bits per heavy atom. The van der Waals surface area contributed by atoms with Gasteiger partial charge in [-0.25, -0.2) is 9.59 Å². The second-order valence-electron chi connectivity index (χ2n) is 7.29. The van der Waals surface area contributed by atoms with E-state index in [1.54, 1.807) is 0 Å². The van der Waals surface area contributed by atoms with Gasteiger partial charge in [-0.1, -0.05) is 32.8 Å². The number of nitro groups is 1. The lowest BCUT2D eigenvalue weighted by Crippen LogP contribution is -2.39. The van der Waals surface area contributed by atoms with Crippen LogP contribution in [-0.4, -0.2) is 40.8 Å². The lowest BCUT2D eigenvalue weighted by molar-refractivity contribution is -0.384. The maximum absolute atomic E-state index is 12.3. The molecule has 0 bridgehead atoms. The van der Waals surface area contributed by atoms with E-state index < -0.39 is 29.1 Å². The van der Waals surface area contributed by atoms with Crippen molar-refractivity contribution in [1.29, 1.82) is 0 Å². The van der Waals surface area contributed by atoms with Crippen LogP contribution in [0.4, 0.5) is 5.69 Å². The Balaban J connectivity index is 2.03. The fraction of sp³-hybridized carbons (Fsp3) is 0.524. The highest BCUT2D eigenvalue weighted by Crippen LogP contribution is 2.33. The Bertz CT molecular complexity index is 772. The van der Waals surface area contributed by atoms with E-state index >= 15 is 0 Å². The van der Waals surface area contributed by atoms with Crippen LogP contribution in [0, 0.1) is 16.0 Å². The summed E-state index contributed by atoms with van der Waals surface area (Å²) < 4.78 is 10.6. The first-order chi connectivity index (χ1) is 13.8. The molecule has 2 atom stereocenters. The minimum atomic E-state index is -1.30. The van der Waals surface area contributed by atoms with Crippen molar-refractivity contribution in [2.45, 2.75) is 51.6 Å². The Morgan fingerprint density at radius 1 is 1.38 bits per heavy atom. The number of cyclic esters (lactones) is 1. The molecule has 8 heteroatoms. The van der Waals surface area contributed by atoms with Crippen LogP contribution in [0.1, 0.15) is 56.3 Å². The molecule has 1 aliphatic rings. The largest absolute Gasteiger partial charge is 0.458 e. The van der Waals surface area contributed by atoms with E-state index in [9.17, 15) is 24.8 Å². The molecule has 0 aliphatic carbocycles. The Kier molecular flexibility index (Phi) is 7.90. The van der Waals surface area contributed by atoms with Crippen molar-refractivity contribution < 1.29 is 29.1 Å². The summed E-state index contributed by atoms with van der Waals surface area (Å²) in [5, 5.41) is 20.5. The van der Waals surface area contributed by atoms with Gasteiger partial charge >= 0.3 is 11.9 Å². The van der Waals surface area contributed by atoms with Crippen LogP contribution in [0.25, 0.3) is 0 Å². The maximum Gasteiger partial charge on any atom is 0.338 e. The topological polar surface area (TPSA) is 116 Å². The molecule has 1 aliphatic heterocycles. The Hall–Kier alpha value is -2.74. The first kappa shape index (κ1) is 22.5. The number of hydrogen-bond acceptors (Lipinski definition) is 7. The molecule has 1 N–H and O–H groups in total. The Morgan fingerprint density at radius 3 is 2.62 bits per heavy atom. The molecule has 158 valence electrons. The van der Waals surface area contributed by atoms with Crippen molar-refractivity contribution in [3.05, 3.63) is 51.6 Å². The number of carbonyl (C=O) groups excluding carboxylic acids is 2. The van der Waals surface area contributed by atoms with Gasteiger partial charge in [0.15, 0.2) is 5.60 Å². The molecule has 8 nitrogen and oxygen atoms in total. The number of ether oxygens (including phenoxy) is 2. The maximum atomic E-state index is 12.3. The highest BCUT2D eigenvalue weighted by molar-refractivity contribution is 5.92. The lowest BCUT2D eigenvalue weighted by Gasteiger charge is -2.24. The van der Waals surface area contributed by atoms with Gasteiger partial charge in [0.1, 0.15) is 6.61 Å². The van der Waals surface area contributed by atoms with E-state index in [0.29, 0.717) is 5.57 Å². The molecule has 29 heavy (non-hydrogen) atoms. The number of nitro benzene ring substituents is 1. The lowest BCUT2D eigenvalue weighted by atomic mass is 9.93. The second kappa shape index (κ2) is 10.2. The van der Waals surface area contributed by atoms with Crippen LogP contribution in [0.2, 0.25) is 0 Å². The van der Waals surface area contributed by atoms with Gasteiger partial charge in [-0.05, 0) is 30.9 Å². The molecule has 0 radical (unpaired) electrons. The van der Waals surface area contributed by atoms with Crippen LogP contribution in [0.5, 0.6) is 0 Å². The third-order valence-electron chi connectivity index (χ3n) is 5.04. The number of non-ortho nitro benzene ring substituents is 1. The monoisotopic (exact) mass is 405 g/mol. The Labute approximate surface area is 169 Å². The van der Waals surface area contributed by atoms with E-state index in [-0.39, 0.29) is 30.2 Å². The second-order valence-corrected chi connectivity index (χ2v) is 7.29. The number of hydrogen-bond donors (Lipinski definition) is 1. The zero-order valence-corrected chi connectivity index (χ0v) is 16.8. The van der Waals surface area contributed by atoms with Gasteiger partial charge in [0.2, 0.25) is 0 Å². The number of carbonyl (C=O) groups is 2. The summed E-state index contributed by atoms with van der Waals surface area (Å²) in [6.07, 6.45) is 6.09. The summed E-state index contributed by atoms with van der Waals surface area (Å²) in [5.41, 5.74) is -0.813. The van der Waals surface area contributed by atoms with E-state index in [1.807, 2.05) is 6.08 Å². The number of unbranched alkanes of at least 4 members (excludes halogenated alkanes) is 1. The average molecular weight is 405 g/mol. The van der Waals surface area contributed by atoms with E-state index in [0.717, 1.165) is 25.7 Å². The summed E-state index contributed by atoms with van der Waals surface area (Å²) in [5.74, 6) is -0.953. The number of aliphatic hydroxyl groups excluding tert-OH is 1. The molecule has 2 rings (SSSR count). The van der Waals surface area contributed by atoms with Crippen LogP contribution in [0.15, 0.2) is 35.9 Å². The molecule has 1 heterocycles. The van der Waals surface area contributed by atoms with Crippen molar-refractivity contribution in [3.63, 3.8) is 0 Å². The van der Waals surface area contributed by atoms with Gasteiger partial charge in [-0.3, -0.25) is 10.1 Å². The number of rotatable bonds is 10. The third-order valence-corrected chi connectivity index (χ3v) is 5.04. The van der Waals surface area contributed by atoms with Crippen molar-refractivity contribution in [2.24, 2.45) is 5.92 Å². The summed E-state index contributed by atoms with van der Waals surface area (Å²) in [6.45, 7) is 3.40. The standard InChI is InChI=1S/C21H27NO7/c1-3-5-6-15(4-2)11-17-12-21(13-23,29-20(17)25)14-28-19(24)16-7-9-18(10-8-16)22(26)27/h7-11,15,23H,3-6,12-14H2,1-2H3/b17-11-. The molecule has 2 unspecified atom stereocenters. The molecule has 0 amide bonds. The highest BCUT2D eigenvalue weighted by Gasteiger charge is 2.44. The van der Waals surface area contributed by atoms with E-state index in [2.05, 4.69) is 13.8 Å². The predicted octanol–water partition coefficient (Wildman–Crippen LogP) is 3.57. The zero-order valence-electron chi connectivity index (χ0n) is 16.8. The van der Waals surface area contributed by atoms with E-state index in [4.69, 9.17) is 9.47 Å².